The zero-order valence-electron chi connectivity index (χ0n) is 10.8. The van der Waals surface area contributed by atoms with Crippen LogP contribution in [0, 0.1) is 0 Å². The van der Waals surface area contributed by atoms with E-state index in [1.54, 1.807) is 5.56 Å². The summed E-state index contributed by atoms with van der Waals surface area (Å²) in [6, 6.07) is 9.37. The van der Waals surface area contributed by atoms with Gasteiger partial charge in [0.1, 0.15) is 0 Å². The number of benzene rings is 1. The van der Waals surface area contributed by atoms with Crippen LogP contribution in [0.15, 0.2) is 42.7 Å². The summed E-state index contributed by atoms with van der Waals surface area (Å²) < 4.78 is 0. The third-order valence-electron chi connectivity index (χ3n) is 4.70. The van der Waals surface area contributed by atoms with Crippen molar-refractivity contribution in [2.75, 3.05) is 14.1 Å². The van der Waals surface area contributed by atoms with Crippen molar-refractivity contribution in [3.63, 3.8) is 0 Å². The molecule has 1 saturated heterocycles. The molecule has 18 heavy (non-hydrogen) atoms. The molecule has 0 aromatic heterocycles. The van der Waals surface area contributed by atoms with E-state index in [0.29, 0.717) is 6.07 Å². The molecular formula is C15H17BN2. The molecule has 90 valence electrons. The van der Waals surface area contributed by atoms with Crippen molar-refractivity contribution in [3.05, 3.63) is 53.9 Å². The first-order valence-electron chi connectivity index (χ1n) is 6.67. The number of fused-ring (bicyclic) bond motifs is 3. The van der Waals surface area contributed by atoms with Crippen LogP contribution < -0.4 is 0 Å². The van der Waals surface area contributed by atoms with Gasteiger partial charge in [0.15, 0.2) is 0 Å². The molecule has 0 saturated carbocycles. The minimum Gasteiger partial charge on any atom is -0.366 e. The van der Waals surface area contributed by atoms with Crippen LogP contribution in [0.3, 0.4) is 0 Å². The lowest BCUT2D eigenvalue weighted by Gasteiger charge is -2.27. The fourth-order valence-electron chi connectivity index (χ4n) is 3.80. The highest BCUT2D eigenvalue weighted by Gasteiger charge is 2.60. The number of hydrogen-bond donors (Lipinski definition) is 0. The van der Waals surface area contributed by atoms with Crippen molar-refractivity contribution in [2.45, 2.75) is 17.7 Å². The smallest absolute Gasteiger partial charge is 0.208 e. The van der Waals surface area contributed by atoms with Gasteiger partial charge in [0.25, 0.3) is 0 Å². The molecule has 0 spiro atoms. The van der Waals surface area contributed by atoms with E-state index in [1.165, 1.54) is 5.56 Å². The Morgan fingerprint density at radius 3 is 2.56 bits per heavy atom. The van der Waals surface area contributed by atoms with E-state index in [9.17, 15) is 0 Å². The molecule has 1 aromatic carbocycles. The molecule has 3 aliphatic rings. The monoisotopic (exact) mass is 236 g/mol. The van der Waals surface area contributed by atoms with Gasteiger partial charge in [-0.05, 0) is 22.8 Å². The summed E-state index contributed by atoms with van der Waals surface area (Å²) >= 11 is 0. The highest BCUT2D eigenvalue weighted by atomic mass is 15.3. The summed E-state index contributed by atoms with van der Waals surface area (Å²) in [5.41, 5.74) is 2.96. The number of rotatable bonds is 1. The van der Waals surface area contributed by atoms with Gasteiger partial charge < -0.3 is 9.80 Å². The van der Waals surface area contributed by atoms with Crippen molar-refractivity contribution in [2.24, 2.45) is 0 Å². The lowest BCUT2D eigenvalue weighted by molar-refractivity contribution is 0.287. The van der Waals surface area contributed by atoms with E-state index in [0.717, 1.165) is 18.3 Å². The molecule has 2 atom stereocenters. The maximum Gasteiger partial charge on any atom is 0.208 e. The third kappa shape index (κ3) is 1.25. The van der Waals surface area contributed by atoms with Crippen LogP contribution in [0.5, 0.6) is 0 Å². The van der Waals surface area contributed by atoms with Crippen LogP contribution in [0.25, 0.3) is 6.08 Å². The fourth-order valence-corrected chi connectivity index (χ4v) is 3.80. The second-order valence-corrected chi connectivity index (χ2v) is 5.71. The van der Waals surface area contributed by atoms with Gasteiger partial charge >= 0.3 is 0 Å². The van der Waals surface area contributed by atoms with E-state index < -0.39 is 0 Å². The van der Waals surface area contributed by atoms with Gasteiger partial charge in [-0.3, -0.25) is 0 Å². The number of nitrogens with zero attached hydrogens (tertiary/aromatic N) is 2. The summed E-state index contributed by atoms with van der Waals surface area (Å²) in [5.74, 6) is 1.45. The molecule has 4 rings (SSSR count). The predicted octanol–water partition coefficient (Wildman–Crippen LogP) is 2.43. The van der Waals surface area contributed by atoms with Crippen molar-refractivity contribution in [1.29, 1.82) is 0 Å². The van der Waals surface area contributed by atoms with E-state index in [-0.39, 0.29) is 0 Å². The molecule has 2 nitrogen and oxygen atoms in total. The zero-order chi connectivity index (χ0) is 12.3. The van der Waals surface area contributed by atoms with E-state index >= 15 is 0 Å². The fraction of sp³-hybridized carbons (Fsp3) is 0.333. The number of hydrogen-bond acceptors (Lipinski definition) is 2. The van der Waals surface area contributed by atoms with Gasteiger partial charge in [0, 0.05) is 26.5 Å². The molecule has 0 N–H and O–H groups in total. The van der Waals surface area contributed by atoms with Crippen molar-refractivity contribution in [3.8, 4) is 0 Å². The second-order valence-electron chi connectivity index (χ2n) is 5.71. The molecular weight excluding hydrogens is 219 g/mol. The SMILES string of the molecule is CN1C=CN(C)C1B1[C@@H]2C=Cc3ccccc3[C@H]12. The molecule has 0 unspecified atom stereocenters. The van der Waals surface area contributed by atoms with E-state index in [4.69, 9.17) is 0 Å². The summed E-state index contributed by atoms with van der Waals surface area (Å²) in [6.07, 6.45) is 9.09. The minimum absolute atomic E-state index is 0.524. The Kier molecular flexibility index (Phi) is 1.97. The first-order valence-corrected chi connectivity index (χ1v) is 6.67. The van der Waals surface area contributed by atoms with Crippen LogP contribution in [-0.2, 0) is 0 Å². The molecule has 1 fully saturated rings. The van der Waals surface area contributed by atoms with Crippen molar-refractivity contribution >= 4 is 12.8 Å². The zero-order valence-corrected chi connectivity index (χ0v) is 10.8. The molecule has 1 aromatic rings. The molecule has 3 heteroatoms. The summed E-state index contributed by atoms with van der Waals surface area (Å²) in [5, 5.41) is 0. The van der Waals surface area contributed by atoms with Crippen LogP contribution >= 0.6 is 0 Å². The van der Waals surface area contributed by atoms with Gasteiger partial charge in [-0.2, -0.15) is 0 Å². The van der Waals surface area contributed by atoms with Gasteiger partial charge in [0.2, 0.25) is 6.71 Å². The molecule has 0 amide bonds. The Labute approximate surface area is 109 Å². The average Bonchev–Trinajstić information content (AvgIpc) is 3.03. The van der Waals surface area contributed by atoms with Crippen LogP contribution in [0.4, 0.5) is 0 Å². The van der Waals surface area contributed by atoms with Crippen LogP contribution in [-0.4, -0.2) is 36.7 Å². The standard InChI is InChI=1S/C15H17BN2/c1-17-9-10-18(2)15(17)16-13-8-7-11-5-3-4-6-12(11)14(13)16/h3-10,13-15H,1-2H3/t13-,14+/m1/s1. The Morgan fingerprint density at radius 1 is 1.06 bits per heavy atom. The Bertz CT molecular complexity index is 539. The van der Waals surface area contributed by atoms with E-state index in [2.05, 4.69) is 72.7 Å². The molecule has 1 aliphatic carbocycles. The Balaban J connectivity index is 1.68. The maximum atomic E-state index is 2.41. The van der Waals surface area contributed by atoms with E-state index in [1.807, 2.05) is 0 Å². The summed E-state index contributed by atoms with van der Waals surface area (Å²) in [7, 11) is 4.37. The first kappa shape index (κ1) is 10.3. The predicted molar refractivity (Wildman–Crippen MR) is 76.2 cm³/mol. The van der Waals surface area contributed by atoms with Gasteiger partial charge in [-0.15, -0.1) is 0 Å². The molecule has 2 aliphatic heterocycles. The van der Waals surface area contributed by atoms with Crippen LogP contribution in [0.2, 0.25) is 5.82 Å². The highest BCUT2D eigenvalue weighted by molar-refractivity contribution is 6.76. The van der Waals surface area contributed by atoms with Crippen molar-refractivity contribution in [1.82, 2.24) is 9.80 Å². The average molecular weight is 236 g/mol. The molecule has 0 bridgehead atoms. The highest BCUT2D eigenvalue weighted by Crippen LogP contribution is 2.58. The Hall–Kier alpha value is -1.64. The normalized spacial score (nSPS) is 28.7. The summed E-state index contributed by atoms with van der Waals surface area (Å²) in [4.78, 5) is 4.69. The second kappa shape index (κ2) is 3.44. The molecule has 0 radical (unpaired) electrons. The molecule has 2 heterocycles. The van der Waals surface area contributed by atoms with Crippen LogP contribution in [0.1, 0.15) is 16.9 Å². The number of allylic oxidation sites excluding steroid dienone is 1. The summed E-state index contributed by atoms with van der Waals surface area (Å²) in [6.45, 7) is 0.731. The third-order valence-corrected chi connectivity index (χ3v) is 4.70. The first-order chi connectivity index (χ1) is 8.77. The lowest BCUT2D eigenvalue weighted by Crippen LogP contribution is -2.41. The van der Waals surface area contributed by atoms with Gasteiger partial charge in [0.05, 0.1) is 6.07 Å². The van der Waals surface area contributed by atoms with Crippen molar-refractivity contribution < 1.29 is 0 Å². The minimum atomic E-state index is 0.524. The Morgan fingerprint density at radius 2 is 1.78 bits per heavy atom. The quantitative estimate of drug-likeness (QED) is 0.691. The van der Waals surface area contributed by atoms with Gasteiger partial charge in [-0.1, -0.05) is 36.4 Å². The van der Waals surface area contributed by atoms with Gasteiger partial charge in [-0.25, -0.2) is 0 Å². The lowest BCUT2D eigenvalue weighted by atomic mass is 9.59. The maximum absolute atomic E-state index is 2.41. The topological polar surface area (TPSA) is 6.48 Å². The largest absolute Gasteiger partial charge is 0.366 e.